The molecular weight excluding hydrogens is 94.9 g/mol. The van der Waals surface area contributed by atoms with Crippen LogP contribution in [0.25, 0.3) is 0 Å². The molecule has 1 aliphatic rings. The van der Waals surface area contributed by atoms with E-state index in [2.05, 4.69) is 13.8 Å². The molecule has 1 saturated carbocycles. The third-order valence-corrected chi connectivity index (χ3v) is 1.90. The molecule has 0 heterocycles. The minimum absolute atomic E-state index is 1.37. The van der Waals surface area contributed by atoms with Crippen molar-refractivity contribution in [2.45, 2.75) is 32.1 Å². The fourth-order valence-corrected chi connectivity index (χ4v) is 1.29. The van der Waals surface area contributed by atoms with Gasteiger partial charge in [0.25, 0.3) is 0 Å². The summed E-state index contributed by atoms with van der Waals surface area (Å²) in [6.07, 6.45) is 7.06. The standard InChI is InChI=1S/C7H13B/c8-6-7-4-2-1-3-5-7/h6H,1-5,8H2. The predicted molar refractivity (Wildman–Crippen MR) is 39.7 cm³/mol. The molecule has 1 rings (SSSR count). The Balaban J connectivity index is 2.33. The van der Waals surface area contributed by atoms with Crippen molar-refractivity contribution in [2.24, 2.45) is 0 Å². The average molecular weight is 108 g/mol. The highest BCUT2D eigenvalue weighted by atomic mass is 14.1. The van der Waals surface area contributed by atoms with E-state index in [1.165, 1.54) is 32.1 Å². The van der Waals surface area contributed by atoms with Crippen LogP contribution in [0.2, 0.25) is 0 Å². The van der Waals surface area contributed by atoms with Crippen LogP contribution in [0, 0.1) is 0 Å². The molecule has 0 saturated heterocycles. The number of allylic oxidation sites excluding steroid dienone is 1. The van der Waals surface area contributed by atoms with Crippen LogP contribution in [0.4, 0.5) is 0 Å². The Kier molecular flexibility index (Phi) is 2.19. The molecule has 0 nitrogen and oxygen atoms in total. The van der Waals surface area contributed by atoms with Crippen molar-refractivity contribution < 1.29 is 0 Å². The van der Waals surface area contributed by atoms with E-state index in [1.807, 2.05) is 0 Å². The molecule has 0 aromatic rings. The molecule has 0 amide bonds. The van der Waals surface area contributed by atoms with Gasteiger partial charge in [0.05, 0.1) is 0 Å². The molecular formula is C7H13B. The largest absolute Gasteiger partial charge is 0.129 e. The Labute approximate surface area is 52.4 Å². The summed E-state index contributed by atoms with van der Waals surface area (Å²) in [7, 11) is 2.15. The third kappa shape index (κ3) is 1.39. The van der Waals surface area contributed by atoms with E-state index in [0.717, 1.165) is 0 Å². The van der Waals surface area contributed by atoms with Crippen molar-refractivity contribution in [3.63, 3.8) is 0 Å². The van der Waals surface area contributed by atoms with Gasteiger partial charge in [-0.25, -0.2) is 0 Å². The Hall–Kier alpha value is -0.195. The molecule has 1 aliphatic carbocycles. The molecule has 0 aromatic carbocycles. The maximum atomic E-state index is 2.28. The van der Waals surface area contributed by atoms with E-state index < -0.39 is 0 Å². The minimum atomic E-state index is 1.37. The lowest BCUT2D eigenvalue weighted by atomic mass is 9.91. The molecule has 8 heavy (non-hydrogen) atoms. The number of hydrogen-bond donors (Lipinski definition) is 0. The first-order valence-corrected chi connectivity index (χ1v) is 3.57. The van der Waals surface area contributed by atoms with Crippen molar-refractivity contribution in [1.82, 2.24) is 0 Å². The van der Waals surface area contributed by atoms with Crippen molar-refractivity contribution in [3.8, 4) is 0 Å². The summed E-state index contributed by atoms with van der Waals surface area (Å²) >= 11 is 0. The van der Waals surface area contributed by atoms with Crippen molar-refractivity contribution in [2.75, 3.05) is 0 Å². The highest BCUT2D eigenvalue weighted by molar-refractivity contribution is 6.17. The molecule has 44 valence electrons. The SMILES string of the molecule is BC=C1CCCCC1. The highest BCUT2D eigenvalue weighted by Gasteiger charge is 2.01. The molecule has 0 aliphatic heterocycles. The second-order valence-electron chi connectivity index (χ2n) is 2.51. The first-order valence-electron chi connectivity index (χ1n) is 3.57. The van der Waals surface area contributed by atoms with Gasteiger partial charge in [-0.05, 0) is 25.7 Å². The van der Waals surface area contributed by atoms with E-state index in [1.54, 1.807) is 5.57 Å². The lowest BCUT2D eigenvalue weighted by Crippen LogP contribution is -1.92. The summed E-state index contributed by atoms with van der Waals surface area (Å²) in [6.45, 7) is 0. The summed E-state index contributed by atoms with van der Waals surface area (Å²) in [5.74, 6) is 2.28. The fourth-order valence-electron chi connectivity index (χ4n) is 1.29. The van der Waals surface area contributed by atoms with Crippen LogP contribution in [0.3, 0.4) is 0 Å². The van der Waals surface area contributed by atoms with Gasteiger partial charge in [0.2, 0.25) is 0 Å². The minimum Gasteiger partial charge on any atom is -0.125 e. The second-order valence-corrected chi connectivity index (χ2v) is 2.51. The quantitative estimate of drug-likeness (QED) is 0.412. The lowest BCUT2D eigenvalue weighted by Gasteiger charge is -2.11. The first-order chi connectivity index (χ1) is 3.93. The smallest absolute Gasteiger partial charge is 0.125 e. The Bertz CT molecular complexity index is 86.6. The van der Waals surface area contributed by atoms with Crippen LogP contribution in [-0.4, -0.2) is 7.85 Å². The van der Waals surface area contributed by atoms with Crippen LogP contribution in [0.15, 0.2) is 11.5 Å². The van der Waals surface area contributed by atoms with E-state index >= 15 is 0 Å². The predicted octanol–water partition coefficient (Wildman–Crippen LogP) is 1.47. The molecule has 0 radical (unpaired) electrons. The second kappa shape index (κ2) is 2.96. The summed E-state index contributed by atoms with van der Waals surface area (Å²) < 4.78 is 0. The molecule has 0 bridgehead atoms. The summed E-state index contributed by atoms with van der Waals surface area (Å²) in [5, 5.41) is 0. The number of hydrogen-bond acceptors (Lipinski definition) is 0. The van der Waals surface area contributed by atoms with Gasteiger partial charge in [0.1, 0.15) is 7.85 Å². The maximum Gasteiger partial charge on any atom is 0.129 e. The van der Waals surface area contributed by atoms with Gasteiger partial charge in [-0.15, -0.1) is 5.98 Å². The van der Waals surface area contributed by atoms with Gasteiger partial charge in [-0.1, -0.05) is 12.0 Å². The molecule has 1 heteroatoms. The van der Waals surface area contributed by atoms with Crippen molar-refractivity contribution in [3.05, 3.63) is 11.5 Å². The van der Waals surface area contributed by atoms with Crippen LogP contribution in [0.5, 0.6) is 0 Å². The molecule has 0 atom stereocenters. The topological polar surface area (TPSA) is 0 Å². The molecule has 0 spiro atoms. The highest BCUT2D eigenvalue weighted by Crippen LogP contribution is 2.21. The van der Waals surface area contributed by atoms with E-state index in [9.17, 15) is 0 Å². The summed E-state index contributed by atoms with van der Waals surface area (Å²) in [5.41, 5.74) is 1.68. The molecule has 0 aromatic heterocycles. The van der Waals surface area contributed by atoms with E-state index in [-0.39, 0.29) is 0 Å². The number of rotatable bonds is 0. The zero-order valence-electron chi connectivity index (χ0n) is 5.61. The zero-order valence-corrected chi connectivity index (χ0v) is 5.61. The Morgan fingerprint density at radius 3 is 2.12 bits per heavy atom. The van der Waals surface area contributed by atoms with Crippen LogP contribution in [-0.2, 0) is 0 Å². The zero-order chi connectivity index (χ0) is 5.82. The van der Waals surface area contributed by atoms with Gasteiger partial charge >= 0.3 is 0 Å². The van der Waals surface area contributed by atoms with Gasteiger partial charge < -0.3 is 0 Å². The van der Waals surface area contributed by atoms with Crippen LogP contribution in [0.1, 0.15) is 32.1 Å². The van der Waals surface area contributed by atoms with E-state index in [0.29, 0.717) is 0 Å². The monoisotopic (exact) mass is 108 g/mol. The maximum absolute atomic E-state index is 2.28. The lowest BCUT2D eigenvalue weighted by molar-refractivity contribution is 0.600. The van der Waals surface area contributed by atoms with Gasteiger partial charge in [-0.3, -0.25) is 0 Å². The molecule has 0 N–H and O–H groups in total. The fraction of sp³-hybridized carbons (Fsp3) is 0.714. The van der Waals surface area contributed by atoms with Gasteiger partial charge in [0, 0.05) is 0 Å². The van der Waals surface area contributed by atoms with Crippen molar-refractivity contribution in [1.29, 1.82) is 0 Å². The normalized spacial score (nSPS) is 20.8. The Morgan fingerprint density at radius 2 is 1.75 bits per heavy atom. The van der Waals surface area contributed by atoms with E-state index in [4.69, 9.17) is 0 Å². The van der Waals surface area contributed by atoms with Gasteiger partial charge in [-0.2, -0.15) is 0 Å². The summed E-state index contributed by atoms with van der Waals surface area (Å²) in [6, 6.07) is 0. The molecule has 1 fully saturated rings. The van der Waals surface area contributed by atoms with Crippen LogP contribution >= 0.6 is 0 Å². The molecule has 0 unspecified atom stereocenters. The first kappa shape index (κ1) is 5.93. The van der Waals surface area contributed by atoms with Crippen molar-refractivity contribution >= 4 is 7.85 Å². The average Bonchev–Trinajstić information content (AvgIpc) is 1.90. The summed E-state index contributed by atoms with van der Waals surface area (Å²) in [4.78, 5) is 0. The van der Waals surface area contributed by atoms with Crippen LogP contribution < -0.4 is 0 Å². The Morgan fingerprint density at radius 1 is 1.12 bits per heavy atom. The van der Waals surface area contributed by atoms with Gasteiger partial charge in [0.15, 0.2) is 0 Å². The third-order valence-electron chi connectivity index (χ3n) is 1.90.